The summed E-state index contributed by atoms with van der Waals surface area (Å²) in [7, 11) is 2.03. The Morgan fingerprint density at radius 3 is 2.97 bits per heavy atom. The number of halogens is 2. The highest BCUT2D eigenvalue weighted by molar-refractivity contribution is 6.45. The summed E-state index contributed by atoms with van der Waals surface area (Å²) in [6.45, 7) is 3.47. The number of nitrogens with zero attached hydrogens (tertiary/aromatic N) is 5. The van der Waals surface area contributed by atoms with Gasteiger partial charge in [0, 0.05) is 61.2 Å². The summed E-state index contributed by atoms with van der Waals surface area (Å²) in [5.41, 5.74) is 3.37. The van der Waals surface area contributed by atoms with Crippen LogP contribution >= 0.6 is 23.2 Å². The molecule has 1 fully saturated rings. The maximum absolute atomic E-state index is 13.3. The van der Waals surface area contributed by atoms with Gasteiger partial charge in [-0.25, -0.2) is 0 Å². The molecule has 3 aromatic rings. The Balaban J connectivity index is 1.58. The van der Waals surface area contributed by atoms with Gasteiger partial charge >= 0.3 is 0 Å². The molecule has 0 saturated carbocycles. The van der Waals surface area contributed by atoms with E-state index in [1.165, 1.54) is 0 Å². The van der Waals surface area contributed by atoms with E-state index in [2.05, 4.69) is 19.7 Å². The van der Waals surface area contributed by atoms with E-state index >= 15 is 0 Å². The average molecular weight is 503 g/mol. The van der Waals surface area contributed by atoms with Crippen LogP contribution in [0.4, 0.5) is 0 Å². The fourth-order valence-electron chi connectivity index (χ4n) is 4.81. The number of hydrogen-bond donors (Lipinski definition) is 1. The fraction of sp³-hybridized carbons (Fsp3) is 0.435. The molecule has 2 aromatic heterocycles. The summed E-state index contributed by atoms with van der Waals surface area (Å²) < 4.78 is 13.4. The molecule has 0 unspecified atom stereocenters. The number of carbonyl (C=O) groups is 1. The maximum atomic E-state index is 13.3. The predicted octanol–water partition coefficient (Wildman–Crippen LogP) is 3.30. The molecule has 1 N–H and O–H groups in total. The van der Waals surface area contributed by atoms with Crippen LogP contribution in [0.15, 0.2) is 18.5 Å². The van der Waals surface area contributed by atoms with Gasteiger partial charge in [-0.3, -0.25) is 14.8 Å². The summed E-state index contributed by atoms with van der Waals surface area (Å²) in [5, 5.41) is 17.6. The van der Waals surface area contributed by atoms with E-state index in [-0.39, 0.29) is 18.6 Å². The number of nitrogens with one attached hydrogen (secondary N) is 1. The Morgan fingerprint density at radius 2 is 2.24 bits per heavy atom. The van der Waals surface area contributed by atoms with Crippen molar-refractivity contribution in [1.82, 2.24) is 24.6 Å². The van der Waals surface area contributed by atoms with Crippen LogP contribution in [0.25, 0.3) is 22.0 Å². The minimum atomic E-state index is -0.125. The highest BCUT2D eigenvalue weighted by Gasteiger charge is 2.32. The van der Waals surface area contributed by atoms with Crippen molar-refractivity contribution in [1.29, 1.82) is 5.26 Å². The number of amides is 1. The van der Waals surface area contributed by atoms with Gasteiger partial charge < -0.3 is 18.9 Å². The Kier molecular flexibility index (Phi) is 6.40. The van der Waals surface area contributed by atoms with Crippen LogP contribution in [-0.4, -0.2) is 76.5 Å². The average Bonchev–Trinajstić information content (AvgIpc) is 3.47. The molecule has 2 aliphatic rings. The van der Waals surface area contributed by atoms with Crippen molar-refractivity contribution in [2.45, 2.75) is 25.6 Å². The molecule has 1 aromatic carbocycles. The summed E-state index contributed by atoms with van der Waals surface area (Å²) in [6.07, 6.45) is 3.92. The van der Waals surface area contributed by atoms with Crippen LogP contribution in [0.2, 0.25) is 10.0 Å². The Labute approximate surface area is 206 Å². The molecule has 34 heavy (non-hydrogen) atoms. The zero-order valence-electron chi connectivity index (χ0n) is 18.7. The monoisotopic (exact) mass is 502 g/mol. The maximum Gasteiger partial charge on any atom is 0.224 e. The predicted molar refractivity (Wildman–Crippen MR) is 128 cm³/mol. The molecule has 4 heterocycles. The highest BCUT2D eigenvalue weighted by atomic mass is 35.5. The van der Waals surface area contributed by atoms with Crippen LogP contribution in [0.1, 0.15) is 12.1 Å². The lowest BCUT2D eigenvalue weighted by molar-refractivity contribution is -0.135. The van der Waals surface area contributed by atoms with E-state index in [4.69, 9.17) is 37.9 Å². The van der Waals surface area contributed by atoms with Gasteiger partial charge in [0.05, 0.1) is 46.9 Å². The SMILES string of the molecule is CN1CCOC[C@H]1CC(=O)N1CCn2c(c(-c3cn[nH]c3)c3c(OCC#N)cc(Cl)c(Cl)c32)C1. The highest BCUT2D eigenvalue weighted by Crippen LogP contribution is 2.47. The smallest absolute Gasteiger partial charge is 0.224 e. The molecule has 178 valence electrons. The van der Waals surface area contributed by atoms with Crippen molar-refractivity contribution in [3.05, 3.63) is 34.2 Å². The number of nitriles is 1. The first-order valence-corrected chi connectivity index (χ1v) is 11.8. The Bertz CT molecular complexity index is 1270. The molecule has 0 radical (unpaired) electrons. The van der Waals surface area contributed by atoms with Crippen molar-refractivity contribution < 1.29 is 14.3 Å². The second kappa shape index (κ2) is 9.47. The molecule has 0 aliphatic carbocycles. The topological polar surface area (TPSA) is 99.4 Å². The zero-order valence-corrected chi connectivity index (χ0v) is 20.2. The van der Waals surface area contributed by atoms with Gasteiger partial charge in [-0.2, -0.15) is 10.4 Å². The van der Waals surface area contributed by atoms with E-state index in [1.807, 2.05) is 18.0 Å². The molecular weight excluding hydrogens is 479 g/mol. The molecule has 0 spiro atoms. The number of H-pyrrole nitrogens is 1. The van der Waals surface area contributed by atoms with Crippen molar-refractivity contribution in [2.24, 2.45) is 0 Å². The quantitative estimate of drug-likeness (QED) is 0.574. The first kappa shape index (κ1) is 23.0. The first-order chi connectivity index (χ1) is 16.5. The first-order valence-electron chi connectivity index (χ1n) is 11.1. The van der Waals surface area contributed by atoms with E-state index in [1.54, 1.807) is 18.5 Å². The standard InChI is InChI=1S/C23H24Cl2N6O3/c1-29-5-7-33-13-15(29)8-19(32)30-3-4-31-17(12-30)20(14-10-27-28-11-14)21-18(34-6-2-26)9-16(24)22(25)23(21)31/h9-11,15H,3-8,12-13H2,1H3,(H,27,28)/t15-/m1/s1. The molecule has 2 aliphatic heterocycles. The number of fused-ring (bicyclic) bond motifs is 3. The van der Waals surface area contributed by atoms with Gasteiger partial charge in [-0.1, -0.05) is 23.2 Å². The van der Waals surface area contributed by atoms with Gasteiger partial charge in [0.25, 0.3) is 0 Å². The van der Waals surface area contributed by atoms with Crippen LogP contribution in [0, 0.1) is 11.3 Å². The molecule has 9 nitrogen and oxygen atoms in total. The second-order valence-corrected chi connectivity index (χ2v) is 9.32. The van der Waals surface area contributed by atoms with Gasteiger partial charge in [0.15, 0.2) is 6.61 Å². The van der Waals surface area contributed by atoms with E-state index in [0.29, 0.717) is 55.1 Å². The third-order valence-electron chi connectivity index (χ3n) is 6.59. The van der Waals surface area contributed by atoms with E-state index in [0.717, 1.165) is 34.3 Å². The summed E-state index contributed by atoms with van der Waals surface area (Å²) in [5.74, 6) is 0.560. The summed E-state index contributed by atoms with van der Waals surface area (Å²) in [4.78, 5) is 17.3. The van der Waals surface area contributed by atoms with E-state index < -0.39 is 0 Å². The Morgan fingerprint density at radius 1 is 1.38 bits per heavy atom. The number of carbonyl (C=O) groups excluding carboxylic acids is 1. The number of aromatic amines is 1. The third-order valence-corrected chi connectivity index (χ3v) is 7.37. The fourth-order valence-corrected chi connectivity index (χ4v) is 5.25. The number of benzene rings is 1. The van der Waals surface area contributed by atoms with Crippen molar-refractivity contribution >= 4 is 40.0 Å². The minimum absolute atomic E-state index is 0.0709. The molecule has 11 heteroatoms. The van der Waals surface area contributed by atoms with Gasteiger partial charge in [0.2, 0.25) is 5.91 Å². The molecule has 0 bridgehead atoms. The zero-order chi connectivity index (χ0) is 23.8. The third kappa shape index (κ3) is 4.01. The van der Waals surface area contributed by atoms with Gasteiger partial charge in [-0.05, 0) is 7.05 Å². The second-order valence-electron chi connectivity index (χ2n) is 8.53. The van der Waals surface area contributed by atoms with Gasteiger partial charge in [0.1, 0.15) is 11.8 Å². The lowest BCUT2D eigenvalue weighted by Crippen LogP contribution is -2.47. The number of likely N-dealkylation sites (N-methyl/N-ethyl adjacent to an activating group) is 1. The van der Waals surface area contributed by atoms with Crippen molar-refractivity contribution in [2.75, 3.05) is 40.0 Å². The number of morpholine rings is 1. The largest absolute Gasteiger partial charge is 0.478 e. The molecule has 1 amide bonds. The van der Waals surface area contributed by atoms with E-state index in [9.17, 15) is 4.79 Å². The summed E-state index contributed by atoms with van der Waals surface area (Å²) in [6, 6.07) is 3.72. The summed E-state index contributed by atoms with van der Waals surface area (Å²) >= 11 is 13.1. The lowest BCUT2D eigenvalue weighted by Gasteiger charge is -2.35. The number of rotatable bonds is 5. The molecule has 1 saturated heterocycles. The molecular formula is C23H24Cl2N6O3. The minimum Gasteiger partial charge on any atom is -0.478 e. The Hall–Kier alpha value is -2.77. The van der Waals surface area contributed by atoms with Crippen LogP contribution in [-0.2, 0) is 22.6 Å². The molecule has 5 rings (SSSR count). The number of aromatic nitrogens is 3. The van der Waals surface area contributed by atoms with Crippen LogP contribution in [0.5, 0.6) is 5.75 Å². The lowest BCUT2D eigenvalue weighted by atomic mass is 10.0. The van der Waals surface area contributed by atoms with Crippen molar-refractivity contribution in [3.63, 3.8) is 0 Å². The normalized spacial score (nSPS) is 18.6. The van der Waals surface area contributed by atoms with Gasteiger partial charge in [-0.15, -0.1) is 0 Å². The van der Waals surface area contributed by atoms with Crippen LogP contribution < -0.4 is 4.74 Å². The number of ether oxygens (including phenoxy) is 2. The van der Waals surface area contributed by atoms with Crippen molar-refractivity contribution in [3.8, 4) is 22.9 Å². The molecule has 1 atom stereocenters. The van der Waals surface area contributed by atoms with Crippen LogP contribution in [0.3, 0.4) is 0 Å². The number of hydrogen-bond acceptors (Lipinski definition) is 6.